The molecule has 3 heterocycles. The molecule has 1 aromatic heterocycles. The molecule has 8 nitrogen and oxygen atoms in total. The van der Waals surface area contributed by atoms with Gasteiger partial charge < -0.3 is 28.4 Å². The lowest BCUT2D eigenvalue weighted by atomic mass is 10.1. The number of fused-ring (bicyclic) bond motifs is 2. The summed E-state index contributed by atoms with van der Waals surface area (Å²) in [6, 6.07) is 21.6. The predicted molar refractivity (Wildman–Crippen MR) is 145 cm³/mol. The van der Waals surface area contributed by atoms with Gasteiger partial charge in [0.25, 0.3) is 0 Å². The van der Waals surface area contributed by atoms with E-state index in [1.54, 1.807) is 7.11 Å². The molecular formula is C30H31N3O5. The summed E-state index contributed by atoms with van der Waals surface area (Å²) in [6.07, 6.45) is 2.26. The molecule has 2 aliphatic rings. The van der Waals surface area contributed by atoms with E-state index < -0.39 is 0 Å². The first-order valence-electron chi connectivity index (χ1n) is 13.1. The van der Waals surface area contributed by atoms with Crippen LogP contribution in [0.5, 0.6) is 23.0 Å². The number of nitrogens with zero attached hydrogens (tertiary/aromatic N) is 3. The second-order valence-corrected chi connectivity index (χ2v) is 9.58. The normalized spacial score (nSPS) is 16.7. The van der Waals surface area contributed by atoms with Gasteiger partial charge in [-0.2, -0.15) is 0 Å². The number of aryl methyl sites for hydroxylation is 1. The Labute approximate surface area is 221 Å². The Balaban J connectivity index is 1.15. The van der Waals surface area contributed by atoms with Crippen molar-refractivity contribution < 1.29 is 23.7 Å². The minimum atomic E-state index is 0.0103. The molecule has 1 fully saturated rings. The van der Waals surface area contributed by atoms with Gasteiger partial charge in [-0.3, -0.25) is 4.79 Å². The van der Waals surface area contributed by atoms with Gasteiger partial charge in [0, 0.05) is 43.2 Å². The van der Waals surface area contributed by atoms with Crippen LogP contribution in [0.1, 0.15) is 31.0 Å². The second kappa shape index (κ2) is 10.7. The first-order chi connectivity index (χ1) is 18.7. The molecule has 0 radical (unpaired) electrons. The van der Waals surface area contributed by atoms with Gasteiger partial charge in [-0.15, -0.1) is 0 Å². The van der Waals surface area contributed by atoms with Crippen LogP contribution in [0.25, 0.3) is 11.0 Å². The quantitative estimate of drug-likeness (QED) is 0.287. The first kappa shape index (κ1) is 24.2. The molecule has 6 rings (SSSR count). The highest BCUT2D eigenvalue weighted by molar-refractivity contribution is 5.97. The second-order valence-electron chi connectivity index (χ2n) is 9.58. The largest absolute Gasteiger partial charge is 0.497 e. The molecule has 0 bridgehead atoms. The lowest BCUT2D eigenvalue weighted by Gasteiger charge is -2.22. The van der Waals surface area contributed by atoms with Crippen molar-refractivity contribution in [2.45, 2.75) is 31.7 Å². The molecule has 0 N–H and O–H groups in total. The highest BCUT2D eigenvalue weighted by Gasteiger charge is 2.35. The van der Waals surface area contributed by atoms with E-state index in [0.29, 0.717) is 38.5 Å². The van der Waals surface area contributed by atoms with Crippen molar-refractivity contribution in [3.05, 3.63) is 72.6 Å². The average molecular weight is 514 g/mol. The molecule has 0 spiro atoms. The van der Waals surface area contributed by atoms with Crippen LogP contribution in [0.4, 0.5) is 5.69 Å². The topological polar surface area (TPSA) is 75.1 Å². The molecule has 0 aliphatic carbocycles. The lowest BCUT2D eigenvalue weighted by molar-refractivity contribution is -0.117. The molecule has 2 aliphatic heterocycles. The van der Waals surface area contributed by atoms with E-state index in [9.17, 15) is 4.79 Å². The lowest BCUT2D eigenvalue weighted by Crippen LogP contribution is -2.25. The number of ether oxygens (including phenoxy) is 4. The minimum Gasteiger partial charge on any atom is -0.497 e. The van der Waals surface area contributed by atoms with E-state index in [4.69, 9.17) is 23.9 Å². The summed E-state index contributed by atoms with van der Waals surface area (Å²) in [6.45, 7) is 3.07. The zero-order valence-electron chi connectivity index (χ0n) is 21.5. The smallest absolute Gasteiger partial charge is 0.227 e. The maximum absolute atomic E-state index is 13.1. The number of anilines is 1. The molecule has 3 aromatic carbocycles. The number of hydrogen-bond acceptors (Lipinski definition) is 6. The maximum Gasteiger partial charge on any atom is 0.227 e. The highest BCUT2D eigenvalue weighted by atomic mass is 16.6. The van der Waals surface area contributed by atoms with Crippen LogP contribution in [-0.4, -0.2) is 48.9 Å². The number of aromatic nitrogens is 2. The summed E-state index contributed by atoms with van der Waals surface area (Å²) >= 11 is 0. The Bertz CT molecular complexity index is 1450. The van der Waals surface area contributed by atoms with Crippen molar-refractivity contribution in [1.82, 2.24) is 9.55 Å². The van der Waals surface area contributed by atoms with Crippen LogP contribution in [0, 0.1) is 0 Å². The number of benzene rings is 3. The molecule has 1 atom stereocenters. The SMILES string of the molecule is COc1cccc(OCCCCn2c(C3CC(=O)N(c4ccc5c(c4)OCCO5)C3)nc3ccccc32)c1. The van der Waals surface area contributed by atoms with Crippen molar-refractivity contribution in [3.63, 3.8) is 0 Å². The molecule has 1 unspecified atom stereocenters. The third kappa shape index (κ3) is 4.86. The van der Waals surface area contributed by atoms with Gasteiger partial charge in [0.1, 0.15) is 30.5 Å². The zero-order valence-corrected chi connectivity index (χ0v) is 21.5. The molecule has 4 aromatic rings. The predicted octanol–water partition coefficient (Wildman–Crippen LogP) is 5.20. The van der Waals surface area contributed by atoms with Gasteiger partial charge in [0.15, 0.2) is 11.5 Å². The van der Waals surface area contributed by atoms with E-state index in [0.717, 1.165) is 59.2 Å². The van der Waals surface area contributed by atoms with Gasteiger partial charge in [-0.25, -0.2) is 4.98 Å². The number of rotatable bonds is 9. The van der Waals surface area contributed by atoms with Gasteiger partial charge in [0.2, 0.25) is 5.91 Å². The van der Waals surface area contributed by atoms with E-state index in [1.807, 2.05) is 65.6 Å². The van der Waals surface area contributed by atoms with Crippen LogP contribution in [-0.2, 0) is 11.3 Å². The van der Waals surface area contributed by atoms with Gasteiger partial charge in [-0.05, 0) is 49.2 Å². The van der Waals surface area contributed by atoms with Gasteiger partial charge in [-0.1, -0.05) is 18.2 Å². The van der Waals surface area contributed by atoms with Crippen LogP contribution in [0.2, 0.25) is 0 Å². The molecule has 196 valence electrons. The Morgan fingerprint density at radius 3 is 2.68 bits per heavy atom. The van der Waals surface area contributed by atoms with E-state index in [2.05, 4.69) is 10.6 Å². The summed E-state index contributed by atoms with van der Waals surface area (Å²) in [5.74, 6) is 4.07. The van der Waals surface area contributed by atoms with Crippen LogP contribution >= 0.6 is 0 Å². The van der Waals surface area contributed by atoms with Gasteiger partial charge in [0.05, 0.1) is 24.8 Å². The summed E-state index contributed by atoms with van der Waals surface area (Å²) < 4.78 is 24.9. The summed E-state index contributed by atoms with van der Waals surface area (Å²) in [4.78, 5) is 20.0. The average Bonchev–Trinajstić information content (AvgIpc) is 3.53. The number of carbonyl (C=O) groups is 1. The number of carbonyl (C=O) groups excluding carboxylic acids is 1. The Morgan fingerprint density at radius 2 is 1.79 bits per heavy atom. The first-order valence-corrected chi connectivity index (χ1v) is 13.1. The standard InChI is InChI=1S/C30H31N3O5/c1-35-23-7-6-8-24(19-23)36-14-5-4-13-32-26-10-3-2-9-25(26)31-30(32)21-17-29(34)33(20-21)22-11-12-27-28(18-22)38-16-15-37-27/h2-3,6-12,18-19,21H,4-5,13-17,20H2,1H3. The zero-order chi connectivity index (χ0) is 25.9. The van der Waals surface area contributed by atoms with Crippen molar-refractivity contribution in [1.29, 1.82) is 0 Å². The number of para-hydroxylation sites is 2. The molecule has 0 saturated carbocycles. The number of amides is 1. The van der Waals surface area contributed by atoms with Crippen molar-refractivity contribution in [3.8, 4) is 23.0 Å². The van der Waals surface area contributed by atoms with E-state index in [-0.39, 0.29) is 11.8 Å². The minimum absolute atomic E-state index is 0.0103. The van der Waals surface area contributed by atoms with Crippen molar-refractivity contribution >= 4 is 22.6 Å². The molecular weight excluding hydrogens is 482 g/mol. The molecule has 8 heteroatoms. The fraction of sp³-hybridized carbons (Fsp3) is 0.333. The van der Waals surface area contributed by atoms with Crippen LogP contribution < -0.4 is 23.8 Å². The Hall–Kier alpha value is -4.20. The fourth-order valence-electron chi connectivity index (χ4n) is 5.22. The fourth-order valence-corrected chi connectivity index (χ4v) is 5.22. The third-order valence-corrected chi connectivity index (χ3v) is 7.10. The van der Waals surface area contributed by atoms with Crippen molar-refractivity contribution in [2.75, 3.05) is 38.4 Å². The maximum atomic E-state index is 13.1. The van der Waals surface area contributed by atoms with E-state index in [1.165, 1.54) is 0 Å². The van der Waals surface area contributed by atoms with Crippen molar-refractivity contribution in [2.24, 2.45) is 0 Å². The molecule has 38 heavy (non-hydrogen) atoms. The van der Waals surface area contributed by atoms with Gasteiger partial charge >= 0.3 is 0 Å². The van der Waals surface area contributed by atoms with E-state index >= 15 is 0 Å². The Morgan fingerprint density at radius 1 is 0.947 bits per heavy atom. The highest BCUT2D eigenvalue weighted by Crippen LogP contribution is 2.38. The molecule has 1 amide bonds. The monoisotopic (exact) mass is 513 g/mol. The number of hydrogen-bond donors (Lipinski definition) is 0. The Kier molecular flexibility index (Phi) is 6.77. The number of methoxy groups -OCH3 is 1. The summed E-state index contributed by atoms with van der Waals surface area (Å²) in [5, 5.41) is 0. The van der Waals surface area contributed by atoms with Crippen LogP contribution in [0.3, 0.4) is 0 Å². The third-order valence-electron chi connectivity index (χ3n) is 7.10. The molecule has 1 saturated heterocycles. The number of imidazole rings is 1. The number of unbranched alkanes of at least 4 members (excludes halogenated alkanes) is 1. The van der Waals surface area contributed by atoms with Crippen LogP contribution in [0.15, 0.2) is 66.7 Å². The summed E-state index contributed by atoms with van der Waals surface area (Å²) in [5.41, 5.74) is 2.89. The summed E-state index contributed by atoms with van der Waals surface area (Å²) in [7, 11) is 1.65.